The highest BCUT2D eigenvalue weighted by Gasteiger charge is 2.35. The molecular formula is C20H23F5N4O. The summed E-state index contributed by atoms with van der Waals surface area (Å²) in [6.07, 6.45) is -4.53. The van der Waals surface area contributed by atoms with Crippen molar-refractivity contribution in [2.24, 2.45) is 5.92 Å². The molecule has 1 aliphatic rings. The fourth-order valence-electron chi connectivity index (χ4n) is 3.52. The Morgan fingerprint density at radius 1 is 1.17 bits per heavy atom. The average Bonchev–Trinajstić information content (AvgIpc) is 3.06. The lowest BCUT2D eigenvalue weighted by atomic mass is 10.1. The number of carbonyl (C=O) groups excluding carboxylic acids is 1. The van der Waals surface area contributed by atoms with Gasteiger partial charge < -0.3 is 4.90 Å². The van der Waals surface area contributed by atoms with Crippen LogP contribution in [0, 0.1) is 24.5 Å². The van der Waals surface area contributed by atoms with Crippen molar-refractivity contribution >= 4 is 5.91 Å². The quantitative estimate of drug-likeness (QED) is 0.683. The van der Waals surface area contributed by atoms with Crippen molar-refractivity contribution in [3.05, 3.63) is 52.9 Å². The molecule has 0 saturated carbocycles. The molecular weight excluding hydrogens is 407 g/mol. The fraction of sp³-hybridized carbons (Fsp3) is 0.500. The Balaban J connectivity index is 1.55. The zero-order valence-corrected chi connectivity index (χ0v) is 16.7. The summed E-state index contributed by atoms with van der Waals surface area (Å²) in [5.41, 5.74) is -0.375. The molecule has 1 aliphatic heterocycles. The van der Waals surface area contributed by atoms with Gasteiger partial charge in [-0.3, -0.25) is 14.4 Å². The zero-order valence-electron chi connectivity index (χ0n) is 16.7. The van der Waals surface area contributed by atoms with Crippen LogP contribution in [0.3, 0.4) is 0 Å². The molecule has 10 heteroatoms. The molecule has 3 rings (SSSR count). The number of carbonyl (C=O) groups is 1. The van der Waals surface area contributed by atoms with Crippen LogP contribution in [0.25, 0.3) is 0 Å². The molecule has 0 N–H and O–H groups in total. The van der Waals surface area contributed by atoms with Crippen LogP contribution in [0.2, 0.25) is 0 Å². The minimum Gasteiger partial charge on any atom is -0.340 e. The van der Waals surface area contributed by atoms with E-state index in [-0.39, 0.29) is 24.6 Å². The summed E-state index contributed by atoms with van der Waals surface area (Å²) in [5, 5.41) is 3.57. The number of halogens is 5. The number of amides is 1. The van der Waals surface area contributed by atoms with Gasteiger partial charge in [0.25, 0.3) is 0 Å². The number of aromatic nitrogens is 2. The summed E-state index contributed by atoms with van der Waals surface area (Å²) >= 11 is 0. The molecule has 2 heterocycles. The smallest absolute Gasteiger partial charge is 0.340 e. The van der Waals surface area contributed by atoms with Gasteiger partial charge in [0.1, 0.15) is 0 Å². The molecule has 0 spiro atoms. The van der Waals surface area contributed by atoms with Crippen LogP contribution >= 0.6 is 0 Å². The number of hydrogen-bond acceptors (Lipinski definition) is 3. The Morgan fingerprint density at radius 2 is 1.83 bits per heavy atom. The molecule has 2 aromatic rings. The number of benzene rings is 1. The Bertz CT molecular complexity index is 903. The molecule has 5 nitrogen and oxygen atoms in total. The number of rotatable bonds is 5. The highest BCUT2D eigenvalue weighted by Crippen LogP contribution is 2.28. The van der Waals surface area contributed by atoms with Gasteiger partial charge in [-0.2, -0.15) is 18.3 Å². The number of hydrogen-bond donors (Lipinski definition) is 0. The maximum atomic E-state index is 13.8. The Hall–Kier alpha value is -2.49. The third kappa shape index (κ3) is 4.97. The highest BCUT2D eigenvalue weighted by atomic mass is 19.4. The maximum Gasteiger partial charge on any atom is 0.435 e. The summed E-state index contributed by atoms with van der Waals surface area (Å²) in [4.78, 5) is 16.3. The Kier molecular flexibility index (Phi) is 6.44. The molecule has 1 unspecified atom stereocenters. The third-order valence-corrected chi connectivity index (χ3v) is 5.25. The minimum absolute atomic E-state index is 0.0511. The first-order chi connectivity index (χ1) is 14.1. The van der Waals surface area contributed by atoms with Gasteiger partial charge in [-0.1, -0.05) is 19.1 Å². The molecule has 1 aromatic carbocycles. The second-order valence-corrected chi connectivity index (χ2v) is 7.57. The second-order valence-electron chi connectivity index (χ2n) is 7.57. The number of alkyl halides is 3. The van der Waals surface area contributed by atoms with Gasteiger partial charge in [0.2, 0.25) is 5.91 Å². The molecule has 1 saturated heterocycles. The van der Waals surface area contributed by atoms with Gasteiger partial charge in [-0.05, 0) is 19.1 Å². The standard InChI is InChI=1S/C20H23F5N4O/c1-13(11-29-14(2)10-17(26-29)20(23,24)25)19(30)28-8-6-27(7-9-28)12-15-4-3-5-16(21)18(15)22/h3-5,10,13H,6-9,11-12H2,1-2H3. The first-order valence-corrected chi connectivity index (χ1v) is 9.62. The van der Waals surface area contributed by atoms with Crippen LogP contribution in [0.1, 0.15) is 23.9 Å². The lowest BCUT2D eigenvalue weighted by Crippen LogP contribution is -2.50. The van der Waals surface area contributed by atoms with Crippen LogP contribution in [0.15, 0.2) is 24.3 Å². The second kappa shape index (κ2) is 8.71. The molecule has 1 amide bonds. The zero-order chi connectivity index (χ0) is 22.1. The molecule has 1 atom stereocenters. The summed E-state index contributed by atoms with van der Waals surface area (Å²) in [7, 11) is 0. The van der Waals surface area contributed by atoms with Crippen molar-refractivity contribution in [3.8, 4) is 0 Å². The van der Waals surface area contributed by atoms with E-state index < -0.39 is 29.4 Å². The molecule has 30 heavy (non-hydrogen) atoms. The molecule has 164 valence electrons. The van der Waals surface area contributed by atoms with Gasteiger partial charge >= 0.3 is 6.18 Å². The van der Waals surface area contributed by atoms with E-state index >= 15 is 0 Å². The lowest BCUT2D eigenvalue weighted by Gasteiger charge is -2.36. The monoisotopic (exact) mass is 430 g/mol. The van der Waals surface area contributed by atoms with Crippen LogP contribution in [0.5, 0.6) is 0 Å². The summed E-state index contributed by atoms with van der Waals surface area (Å²) in [5.74, 6) is -2.47. The third-order valence-electron chi connectivity index (χ3n) is 5.25. The average molecular weight is 430 g/mol. The van der Waals surface area contributed by atoms with E-state index in [0.29, 0.717) is 31.9 Å². The predicted octanol–water partition coefficient (Wildman–Crippen LogP) is 3.47. The number of piperazine rings is 1. The van der Waals surface area contributed by atoms with Gasteiger partial charge in [-0.25, -0.2) is 8.78 Å². The van der Waals surface area contributed by atoms with Crippen molar-refractivity contribution in [3.63, 3.8) is 0 Å². The van der Waals surface area contributed by atoms with E-state index in [4.69, 9.17) is 0 Å². The van der Waals surface area contributed by atoms with Gasteiger partial charge in [-0.15, -0.1) is 0 Å². The fourth-order valence-corrected chi connectivity index (χ4v) is 3.52. The predicted molar refractivity (Wildman–Crippen MR) is 99.3 cm³/mol. The van der Waals surface area contributed by atoms with E-state index in [9.17, 15) is 26.7 Å². The van der Waals surface area contributed by atoms with Crippen molar-refractivity contribution in [2.75, 3.05) is 26.2 Å². The van der Waals surface area contributed by atoms with Gasteiger partial charge in [0, 0.05) is 44.0 Å². The topological polar surface area (TPSA) is 41.4 Å². The van der Waals surface area contributed by atoms with E-state index in [2.05, 4.69) is 5.10 Å². The molecule has 0 bridgehead atoms. The Morgan fingerprint density at radius 3 is 2.43 bits per heavy atom. The molecule has 1 fully saturated rings. The summed E-state index contributed by atoms with van der Waals surface area (Å²) < 4.78 is 66.8. The van der Waals surface area contributed by atoms with Crippen LogP contribution in [-0.2, 0) is 24.1 Å². The van der Waals surface area contributed by atoms with Gasteiger partial charge in [0.05, 0.1) is 12.5 Å². The van der Waals surface area contributed by atoms with E-state index in [1.165, 1.54) is 23.7 Å². The largest absolute Gasteiger partial charge is 0.435 e. The Labute approximate surface area is 171 Å². The SMILES string of the molecule is Cc1cc(C(F)(F)F)nn1CC(C)C(=O)N1CCN(Cc2cccc(F)c2F)CC1. The number of aryl methyl sites for hydroxylation is 1. The lowest BCUT2D eigenvalue weighted by molar-refractivity contribution is -0.141. The summed E-state index contributed by atoms with van der Waals surface area (Å²) in [6, 6.07) is 5.01. The van der Waals surface area contributed by atoms with Crippen LogP contribution < -0.4 is 0 Å². The molecule has 0 radical (unpaired) electrons. The minimum atomic E-state index is -4.53. The normalized spacial score (nSPS) is 16.7. The highest BCUT2D eigenvalue weighted by molar-refractivity contribution is 5.78. The van der Waals surface area contributed by atoms with Crippen LogP contribution in [0.4, 0.5) is 22.0 Å². The first kappa shape index (κ1) is 22.2. The van der Waals surface area contributed by atoms with E-state index in [1.807, 2.05) is 4.90 Å². The van der Waals surface area contributed by atoms with Crippen molar-refractivity contribution in [1.82, 2.24) is 19.6 Å². The van der Waals surface area contributed by atoms with Crippen LogP contribution in [-0.4, -0.2) is 51.7 Å². The van der Waals surface area contributed by atoms with E-state index in [0.717, 1.165) is 12.1 Å². The van der Waals surface area contributed by atoms with Crippen molar-refractivity contribution in [1.29, 1.82) is 0 Å². The molecule has 0 aliphatic carbocycles. The van der Waals surface area contributed by atoms with Crippen molar-refractivity contribution < 1.29 is 26.7 Å². The van der Waals surface area contributed by atoms with Crippen molar-refractivity contribution in [2.45, 2.75) is 33.1 Å². The number of nitrogens with zero attached hydrogens (tertiary/aromatic N) is 4. The maximum absolute atomic E-state index is 13.8. The molecule has 1 aromatic heterocycles. The summed E-state index contributed by atoms with van der Waals surface area (Å²) in [6.45, 7) is 5.27. The van der Waals surface area contributed by atoms with E-state index in [1.54, 1.807) is 11.8 Å². The first-order valence-electron chi connectivity index (χ1n) is 9.62. The van der Waals surface area contributed by atoms with Gasteiger partial charge in [0.15, 0.2) is 17.3 Å².